The van der Waals surface area contributed by atoms with Crippen LogP contribution in [0.15, 0.2) is 0 Å². The predicted molar refractivity (Wildman–Crippen MR) is 44.6 cm³/mol. The molecule has 1 saturated heterocycles. The number of hydrogen-bond acceptors (Lipinski definition) is 4. The maximum absolute atomic E-state index is 11.2. The maximum Gasteiger partial charge on any atom is 0.313 e. The summed E-state index contributed by atoms with van der Waals surface area (Å²) in [4.78, 5) is 33.3. The molecule has 0 radical (unpaired) electrons. The molecule has 0 N–H and O–H groups in total. The van der Waals surface area contributed by atoms with E-state index in [1.807, 2.05) is 0 Å². The van der Waals surface area contributed by atoms with Gasteiger partial charge in [-0.2, -0.15) is 4.42 Å². The van der Waals surface area contributed by atoms with Crippen LogP contribution in [0.4, 0.5) is 0 Å². The molecule has 0 aliphatic carbocycles. The molecule has 0 spiro atoms. The quantitative estimate of drug-likeness (QED) is 0.267. The topological polar surface area (TPSA) is 54.5 Å². The molecule has 0 aromatic rings. The van der Waals surface area contributed by atoms with E-state index in [-0.39, 0.29) is 0 Å². The largest absolute Gasteiger partial charge is 0.313 e. The molecule has 4 nitrogen and oxygen atoms in total. The van der Waals surface area contributed by atoms with Gasteiger partial charge in [-0.25, -0.2) is 0 Å². The van der Waals surface area contributed by atoms with Gasteiger partial charge in [-0.1, -0.05) is 0 Å². The third-order valence-electron chi connectivity index (χ3n) is 1.80. The van der Waals surface area contributed by atoms with Gasteiger partial charge in [0.25, 0.3) is 5.91 Å². The number of carbonyl (C=O) groups excluding carboxylic acids is 3. The fourth-order valence-corrected chi connectivity index (χ4v) is 1.68. The number of hydrogen-bond donors (Lipinski definition) is 0. The van der Waals surface area contributed by atoms with Gasteiger partial charge in [0.05, 0.1) is 0 Å². The molecule has 1 atom stereocenters. The molecule has 6 heteroatoms. The summed E-state index contributed by atoms with van der Waals surface area (Å²) in [6, 6.07) is 0. The van der Waals surface area contributed by atoms with Gasteiger partial charge >= 0.3 is 5.91 Å². The molecule has 66 valence electrons. The van der Waals surface area contributed by atoms with E-state index in [9.17, 15) is 14.4 Å². The van der Waals surface area contributed by atoms with Crippen molar-refractivity contribution in [1.29, 1.82) is 0 Å². The molecular formula is C6H6ClNO3S. The molecule has 1 fully saturated rings. The van der Waals surface area contributed by atoms with E-state index in [4.69, 9.17) is 11.8 Å². The maximum atomic E-state index is 11.2. The van der Waals surface area contributed by atoms with Crippen LogP contribution >= 0.6 is 23.5 Å². The van der Waals surface area contributed by atoms with Gasteiger partial charge in [-0.05, 0) is 13.2 Å². The summed E-state index contributed by atoms with van der Waals surface area (Å²) in [5.41, 5.74) is 0. The summed E-state index contributed by atoms with van der Waals surface area (Å²) in [5, 5.41) is 0. The zero-order valence-corrected chi connectivity index (χ0v) is 8.03. The molecule has 0 aromatic heterocycles. The highest BCUT2D eigenvalue weighted by Gasteiger charge is 2.56. The lowest BCUT2D eigenvalue weighted by Crippen LogP contribution is -2.35. The molecule has 0 bridgehead atoms. The zero-order chi connectivity index (χ0) is 9.52. The third kappa shape index (κ3) is 0.964. The molecule has 2 amide bonds. The summed E-state index contributed by atoms with van der Waals surface area (Å²) in [6.07, 6.45) is 1.58. The normalized spacial score (nSPS) is 30.2. The van der Waals surface area contributed by atoms with E-state index >= 15 is 0 Å². The predicted octanol–water partition coefficient (Wildman–Crippen LogP) is 0.200. The number of carbonyl (C=O) groups is 3. The average molecular weight is 208 g/mol. The second kappa shape index (κ2) is 2.74. The first-order valence-corrected chi connectivity index (χ1v) is 4.65. The average Bonchev–Trinajstić information content (AvgIpc) is 2.22. The van der Waals surface area contributed by atoms with E-state index in [0.717, 1.165) is 11.8 Å². The van der Waals surface area contributed by atoms with Crippen LogP contribution in [0.25, 0.3) is 0 Å². The Hall–Kier alpha value is -0.550. The number of nitrogens with zero attached hydrogens (tertiary/aromatic N) is 1. The van der Waals surface area contributed by atoms with E-state index in [1.54, 1.807) is 6.26 Å². The first kappa shape index (κ1) is 9.54. The molecule has 1 rings (SSSR count). The van der Waals surface area contributed by atoms with Crippen molar-refractivity contribution in [3.63, 3.8) is 0 Å². The Morgan fingerprint density at radius 3 is 2.08 bits per heavy atom. The van der Waals surface area contributed by atoms with Crippen molar-refractivity contribution in [2.75, 3.05) is 6.26 Å². The first-order chi connectivity index (χ1) is 5.45. The minimum absolute atomic E-state index is 0.346. The highest BCUT2D eigenvalue weighted by molar-refractivity contribution is 8.01. The van der Waals surface area contributed by atoms with Crippen molar-refractivity contribution in [2.24, 2.45) is 0 Å². The fraction of sp³-hybridized carbons (Fsp3) is 0.500. The number of rotatable bonds is 1. The Morgan fingerprint density at radius 2 is 1.92 bits per heavy atom. The lowest BCUT2D eigenvalue weighted by Gasteiger charge is -2.13. The van der Waals surface area contributed by atoms with Crippen LogP contribution in [0.1, 0.15) is 6.92 Å². The monoisotopic (exact) mass is 207 g/mol. The fourth-order valence-electron chi connectivity index (χ4n) is 0.850. The van der Waals surface area contributed by atoms with Gasteiger partial charge in [-0.3, -0.25) is 14.4 Å². The Balaban J connectivity index is 3.15. The second-order valence-electron chi connectivity index (χ2n) is 2.46. The highest BCUT2D eigenvalue weighted by Crippen LogP contribution is 2.33. The van der Waals surface area contributed by atoms with Crippen molar-refractivity contribution in [1.82, 2.24) is 4.42 Å². The number of amides is 2. The van der Waals surface area contributed by atoms with E-state index in [1.165, 1.54) is 6.92 Å². The van der Waals surface area contributed by atoms with Gasteiger partial charge in [0.15, 0.2) is 4.75 Å². The van der Waals surface area contributed by atoms with Crippen LogP contribution in [0.3, 0.4) is 0 Å². The molecule has 1 unspecified atom stereocenters. The Labute approximate surface area is 78.3 Å². The second-order valence-corrected chi connectivity index (χ2v) is 4.02. The van der Waals surface area contributed by atoms with Gasteiger partial charge in [0.2, 0.25) is 5.78 Å². The van der Waals surface area contributed by atoms with Crippen molar-refractivity contribution in [3.8, 4) is 0 Å². The molecular weight excluding hydrogens is 202 g/mol. The van der Waals surface area contributed by atoms with Gasteiger partial charge in [0, 0.05) is 11.8 Å². The summed E-state index contributed by atoms with van der Waals surface area (Å²) in [5.74, 6) is -2.36. The van der Waals surface area contributed by atoms with Crippen molar-refractivity contribution in [3.05, 3.63) is 0 Å². The molecule has 12 heavy (non-hydrogen) atoms. The standard InChI is InChI=1S/C6H6ClNO3S/c1-6(12-2)3(9)4(10)8(7)5(6)11/h1-2H3. The van der Waals surface area contributed by atoms with Crippen LogP contribution in [0.5, 0.6) is 0 Å². The van der Waals surface area contributed by atoms with E-state index in [2.05, 4.69) is 0 Å². The molecule has 0 saturated carbocycles. The highest BCUT2D eigenvalue weighted by atomic mass is 35.5. The Bertz CT molecular complexity index is 280. The SMILES string of the molecule is CSC1(C)C(=O)C(=O)N(Cl)C1=O. The Kier molecular flexibility index (Phi) is 2.18. The minimum atomic E-state index is -1.32. The first-order valence-electron chi connectivity index (χ1n) is 3.09. The van der Waals surface area contributed by atoms with E-state index < -0.39 is 22.3 Å². The lowest BCUT2D eigenvalue weighted by atomic mass is 10.1. The van der Waals surface area contributed by atoms with Crippen LogP contribution in [0.2, 0.25) is 0 Å². The summed E-state index contributed by atoms with van der Waals surface area (Å²) in [7, 11) is 0. The molecule has 1 heterocycles. The third-order valence-corrected chi connectivity index (χ3v) is 3.28. The van der Waals surface area contributed by atoms with Crippen molar-refractivity contribution in [2.45, 2.75) is 11.7 Å². The summed E-state index contributed by atoms with van der Waals surface area (Å²) in [6.45, 7) is 1.39. The number of Topliss-reactive ketones (excluding diaryl/α,β-unsaturated/α-hetero) is 1. The summed E-state index contributed by atoms with van der Waals surface area (Å²) >= 11 is 6.28. The number of thioether (sulfide) groups is 1. The number of halogens is 1. The van der Waals surface area contributed by atoms with Gasteiger partial charge in [-0.15, -0.1) is 11.8 Å². The van der Waals surface area contributed by atoms with Crippen LogP contribution < -0.4 is 0 Å². The van der Waals surface area contributed by atoms with Crippen LogP contribution in [-0.2, 0) is 14.4 Å². The number of imide groups is 1. The van der Waals surface area contributed by atoms with Crippen molar-refractivity contribution >= 4 is 41.1 Å². The Morgan fingerprint density at radius 1 is 1.42 bits per heavy atom. The van der Waals surface area contributed by atoms with Crippen molar-refractivity contribution < 1.29 is 14.4 Å². The number of ketones is 1. The van der Waals surface area contributed by atoms with Gasteiger partial charge in [0.1, 0.15) is 0 Å². The molecule has 1 aliphatic rings. The minimum Gasteiger partial charge on any atom is -0.286 e. The smallest absolute Gasteiger partial charge is 0.286 e. The summed E-state index contributed by atoms with van der Waals surface area (Å²) < 4.78 is -0.975. The van der Waals surface area contributed by atoms with Crippen LogP contribution in [-0.4, -0.2) is 33.0 Å². The zero-order valence-electron chi connectivity index (χ0n) is 6.46. The van der Waals surface area contributed by atoms with Gasteiger partial charge < -0.3 is 0 Å². The molecule has 0 aromatic carbocycles. The van der Waals surface area contributed by atoms with E-state index in [0.29, 0.717) is 4.42 Å². The van der Waals surface area contributed by atoms with Crippen LogP contribution in [0, 0.1) is 0 Å². The lowest BCUT2D eigenvalue weighted by molar-refractivity contribution is -0.139. The molecule has 1 aliphatic heterocycles.